The molecule has 0 aliphatic carbocycles. The van der Waals surface area contributed by atoms with Crippen LogP contribution in [-0.4, -0.2) is 55.0 Å². The zero-order valence-electron chi connectivity index (χ0n) is 14.6. The number of likely N-dealkylation sites (tertiary alicyclic amines) is 1. The van der Waals surface area contributed by atoms with Crippen LogP contribution in [0.15, 0.2) is 0 Å². The maximum atomic E-state index is 11.9. The molecule has 0 aromatic rings. The number of carbonyl (C=O) groups excluding carboxylic acids is 1. The van der Waals surface area contributed by atoms with E-state index in [1.165, 1.54) is 25.7 Å². The van der Waals surface area contributed by atoms with Crippen LogP contribution in [0.2, 0.25) is 0 Å². The average molecular weight is 312 g/mol. The van der Waals surface area contributed by atoms with Crippen LogP contribution >= 0.6 is 0 Å². The molecule has 22 heavy (non-hydrogen) atoms. The van der Waals surface area contributed by atoms with E-state index in [4.69, 9.17) is 9.47 Å². The first-order valence-corrected chi connectivity index (χ1v) is 8.67. The fourth-order valence-corrected chi connectivity index (χ4v) is 3.35. The minimum Gasteiger partial charge on any atom is -0.444 e. The van der Waals surface area contributed by atoms with Crippen LogP contribution in [0.1, 0.15) is 53.4 Å². The number of nitrogens with one attached hydrogen (secondary N) is 1. The second-order valence-corrected chi connectivity index (χ2v) is 7.73. The Morgan fingerprint density at radius 2 is 2.14 bits per heavy atom. The second-order valence-electron chi connectivity index (χ2n) is 7.73. The first kappa shape index (κ1) is 17.5. The van der Waals surface area contributed by atoms with Gasteiger partial charge in [0.1, 0.15) is 5.60 Å². The van der Waals surface area contributed by atoms with Gasteiger partial charge in [-0.25, -0.2) is 4.79 Å². The highest BCUT2D eigenvalue weighted by Crippen LogP contribution is 2.22. The smallest absolute Gasteiger partial charge is 0.407 e. The summed E-state index contributed by atoms with van der Waals surface area (Å²) in [6, 6.07) is 0.141. The topological polar surface area (TPSA) is 50.8 Å². The van der Waals surface area contributed by atoms with Crippen molar-refractivity contribution >= 4 is 6.09 Å². The molecule has 2 saturated heterocycles. The van der Waals surface area contributed by atoms with Gasteiger partial charge in [-0.3, -0.25) is 0 Å². The zero-order valence-corrected chi connectivity index (χ0v) is 14.6. The van der Waals surface area contributed by atoms with E-state index in [0.29, 0.717) is 12.0 Å². The van der Waals surface area contributed by atoms with Gasteiger partial charge in [-0.1, -0.05) is 0 Å². The molecule has 0 unspecified atom stereocenters. The lowest BCUT2D eigenvalue weighted by atomic mass is 9.91. The number of ether oxygens (including phenoxy) is 2. The van der Waals surface area contributed by atoms with Crippen molar-refractivity contribution in [3.8, 4) is 0 Å². The van der Waals surface area contributed by atoms with Gasteiger partial charge < -0.3 is 19.7 Å². The fourth-order valence-electron chi connectivity index (χ4n) is 3.35. The molecular formula is C17H32N2O3. The number of amides is 1. The molecule has 3 atom stereocenters. The standard InChI is InChI=1S/C17H32N2O3/c1-13(18-16(20)22-17(2,3)4)14-7-5-9-19(11-14)12-15-8-6-10-21-15/h13-15H,5-12H2,1-4H3,(H,18,20)/t13-,14+,15+/m0/s1. The summed E-state index contributed by atoms with van der Waals surface area (Å²) in [6.45, 7) is 11.9. The Balaban J connectivity index is 1.76. The van der Waals surface area contributed by atoms with Gasteiger partial charge in [0.15, 0.2) is 0 Å². The van der Waals surface area contributed by atoms with Crippen LogP contribution in [-0.2, 0) is 9.47 Å². The van der Waals surface area contributed by atoms with Crippen LogP contribution in [0.25, 0.3) is 0 Å². The average Bonchev–Trinajstić information content (AvgIpc) is 2.89. The van der Waals surface area contributed by atoms with Crippen LogP contribution in [0.4, 0.5) is 4.79 Å². The first-order chi connectivity index (χ1) is 10.3. The van der Waals surface area contributed by atoms with E-state index in [9.17, 15) is 4.79 Å². The van der Waals surface area contributed by atoms with E-state index in [1.807, 2.05) is 20.8 Å². The maximum Gasteiger partial charge on any atom is 0.407 e. The van der Waals surface area contributed by atoms with Crippen molar-refractivity contribution < 1.29 is 14.3 Å². The summed E-state index contributed by atoms with van der Waals surface area (Å²) >= 11 is 0. The lowest BCUT2D eigenvalue weighted by molar-refractivity contribution is 0.0398. The molecule has 128 valence electrons. The van der Waals surface area contributed by atoms with Crippen LogP contribution in [0, 0.1) is 5.92 Å². The Kier molecular flexibility index (Phi) is 6.09. The molecule has 2 fully saturated rings. The number of nitrogens with zero attached hydrogens (tertiary/aromatic N) is 1. The summed E-state index contributed by atoms with van der Waals surface area (Å²) < 4.78 is 11.1. The third-order valence-electron chi connectivity index (χ3n) is 4.48. The van der Waals surface area contributed by atoms with Gasteiger partial charge in [0.25, 0.3) is 0 Å². The Morgan fingerprint density at radius 1 is 1.36 bits per heavy atom. The molecule has 0 bridgehead atoms. The van der Waals surface area contributed by atoms with E-state index in [-0.39, 0.29) is 12.1 Å². The van der Waals surface area contributed by atoms with Gasteiger partial charge >= 0.3 is 6.09 Å². The van der Waals surface area contributed by atoms with E-state index < -0.39 is 5.60 Å². The number of hydrogen-bond acceptors (Lipinski definition) is 4. The highest BCUT2D eigenvalue weighted by Gasteiger charge is 2.29. The first-order valence-electron chi connectivity index (χ1n) is 8.67. The van der Waals surface area contributed by atoms with Crippen LogP contribution in [0.3, 0.4) is 0 Å². The van der Waals surface area contributed by atoms with Crippen molar-refractivity contribution in [1.82, 2.24) is 10.2 Å². The summed E-state index contributed by atoms with van der Waals surface area (Å²) in [4.78, 5) is 14.4. The van der Waals surface area contributed by atoms with Gasteiger partial charge in [-0.15, -0.1) is 0 Å². The van der Waals surface area contributed by atoms with Crippen molar-refractivity contribution in [3.63, 3.8) is 0 Å². The monoisotopic (exact) mass is 312 g/mol. The number of carbonyl (C=O) groups is 1. The highest BCUT2D eigenvalue weighted by atomic mass is 16.6. The lowest BCUT2D eigenvalue weighted by Crippen LogP contribution is -2.48. The maximum absolute atomic E-state index is 11.9. The SMILES string of the molecule is C[C@H](NC(=O)OC(C)(C)C)[C@@H]1CCCN(C[C@H]2CCCO2)C1. The van der Waals surface area contributed by atoms with Crippen LogP contribution in [0.5, 0.6) is 0 Å². The molecule has 5 nitrogen and oxygen atoms in total. The third kappa shape index (κ3) is 5.76. The molecule has 1 N–H and O–H groups in total. The minimum atomic E-state index is -0.442. The molecule has 2 aliphatic heterocycles. The molecule has 5 heteroatoms. The van der Waals surface area contributed by atoms with Gasteiger partial charge in [0.05, 0.1) is 6.10 Å². The Bertz CT molecular complexity index is 361. The lowest BCUT2D eigenvalue weighted by Gasteiger charge is -2.37. The number of piperidine rings is 1. The van der Waals surface area contributed by atoms with Gasteiger partial charge in [-0.2, -0.15) is 0 Å². The third-order valence-corrected chi connectivity index (χ3v) is 4.48. The van der Waals surface area contributed by atoms with Gasteiger partial charge in [-0.05, 0) is 65.8 Å². The van der Waals surface area contributed by atoms with Gasteiger partial charge in [0.2, 0.25) is 0 Å². The summed E-state index contributed by atoms with van der Waals surface area (Å²) in [7, 11) is 0. The zero-order chi connectivity index (χ0) is 16.2. The van der Waals surface area contributed by atoms with Crippen LogP contribution < -0.4 is 5.32 Å². The normalized spacial score (nSPS) is 28.4. The minimum absolute atomic E-state index is 0.141. The predicted octanol–water partition coefficient (Wildman–Crippen LogP) is 2.79. The van der Waals surface area contributed by atoms with Crippen molar-refractivity contribution in [1.29, 1.82) is 0 Å². The molecule has 0 aromatic carbocycles. The number of alkyl carbamates (subject to hydrolysis) is 1. The molecule has 2 rings (SSSR count). The van der Waals surface area contributed by atoms with E-state index in [0.717, 1.165) is 26.2 Å². The van der Waals surface area contributed by atoms with Crippen molar-refractivity contribution in [3.05, 3.63) is 0 Å². The molecule has 0 radical (unpaired) electrons. The quantitative estimate of drug-likeness (QED) is 0.867. The molecule has 0 saturated carbocycles. The van der Waals surface area contributed by atoms with Crippen molar-refractivity contribution in [2.24, 2.45) is 5.92 Å². The fraction of sp³-hybridized carbons (Fsp3) is 0.941. The number of rotatable bonds is 4. The largest absolute Gasteiger partial charge is 0.444 e. The van der Waals surface area contributed by atoms with Crippen molar-refractivity contribution in [2.45, 2.75) is 71.1 Å². The summed E-state index contributed by atoms with van der Waals surface area (Å²) in [5.74, 6) is 0.489. The second kappa shape index (κ2) is 7.64. The Labute approximate surface area is 134 Å². The van der Waals surface area contributed by atoms with Gasteiger partial charge in [0, 0.05) is 25.7 Å². The van der Waals surface area contributed by atoms with Crippen molar-refractivity contribution in [2.75, 3.05) is 26.2 Å². The molecule has 1 amide bonds. The molecular weight excluding hydrogens is 280 g/mol. The Morgan fingerprint density at radius 3 is 2.77 bits per heavy atom. The van der Waals surface area contributed by atoms with E-state index >= 15 is 0 Å². The number of hydrogen-bond donors (Lipinski definition) is 1. The highest BCUT2D eigenvalue weighted by molar-refractivity contribution is 5.68. The summed E-state index contributed by atoms with van der Waals surface area (Å²) in [5.41, 5.74) is -0.442. The Hall–Kier alpha value is -0.810. The molecule has 2 heterocycles. The predicted molar refractivity (Wildman–Crippen MR) is 87.0 cm³/mol. The molecule has 0 aromatic heterocycles. The summed E-state index contributed by atoms with van der Waals surface area (Å²) in [5, 5.41) is 3.00. The molecule has 2 aliphatic rings. The summed E-state index contributed by atoms with van der Waals surface area (Å²) in [6.07, 6.45) is 4.84. The van der Waals surface area contributed by atoms with E-state index in [2.05, 4.69) is 17.1 Å². The molecule has 0 spiro atoms. The van der Waals surface area contributed by atoms with E-state index in [1.54, 1.807) is 0 Å².